The number of nitrogens with zero attached hydrogens (tertiary/aromatic N) is 2. The van der Waals surface area contributed by atoms with Crippen LogP contribution in [0.15, 0.2) is 47.4 Å². The minimum Gasteiger partial charge on any atom is -0.370 e. The summed E-state index contributed by atoms with van der Waals surface area (Å²) < 4.78 is 63.1. The number of hydrogen-bond acceptors (Lipinski definition) is 5. The van der Waals surface area contributed by atoms with Gasteiger partial charge < -0.3 is 10.2 Å². The third-order valence-corrected chi connectivity index (χ3v) is 6.27. The van der Waals surface area contributed by atoms with E-state index < -0.39 is 26.2 Å². The molecule has 1 aliphatic rings. The maximum atomic E-state index is 13.1. The molecular formula is C19H20F3N3O3S. The summed E-state index contributed by atoms with van der Waals surface area (Å²) in [6.07, 6.45) is 1.09. The number of alkyl halides is 3. The first kappa shape index (κ1) is 21.1. The van der Waals surface area contributed by atoms with Crippen LogP contribution >= 0.6 is 0 Å². The number of piperidine rings is 1. The van der Waals surface area contributed by atoms with Gasteiger partial charge in [0.25, 0.3) is 9.84 Å². The number of anilines is 2. The van der Waals surface area contributed by atoms with Crippen LogP contribution in [0.3, 0.4) is 0 Å². The van der Waals surface area contributed by atoms with Crippen LogP contribution in [0.2, 0.25) is 0 Å². The highest BCUT2D eigenvalue weighted by atomic mass is 32.2. The summed E-state index contributed by atoms with van der Waals surface area (Å²) in [5, 5.41) is 2.72. The largest absolute Gasteiger partial charge is 0.501 e. The second-order valence-corrected chi connectivity index (χ2v) is 8.77. The molecule has 1 atom stereocenters. The van der Waals surface area contributed by atoms with E-state index in [2.05, 4.69) is 10.3 Å². The summed E-state index contributed by atoms with van der Waals surface area (Å²) in [5.41, 5.74) is -4.71. The van der Waals surface area contributed by atoms with Gasteiger partial charge in [-0.1, -0.05) is 18.2 Å². The fourth-order valence-corrected chi connectivity index (χ4v) is 4.30. The zero-order valence-corrected chi connectivity index (χ0v) is 16.4. The van der Waals surface area contributed by atoms with Crippen LogP contribution in [0.4, 0.5) is 24.7 Å². The van der Waals surface area contributed by atoms with Gasteiger partial charge in [0.05, 0.1) is 16.5 Å². The van der Waals surface area contributed by atoms with E-state index in [-0.39, 0.29) is 18.1 Å². The summed E-state index contributed by atoms with van der Waals surface area (Å²) in [6, 6.07) is 10.2. The summed E-state index contributed by atoms with van der Waals surface area (Å²) in [7, 11) is -5.50. The summed E-state index contributed by atoms with van der Waals surface area (Å²) in [6.45, 7) is 2.26. The summed E-state index contributed by atoms with van der Waals surface area (Å²) in [5.74, 6) is -0.413. The van der Waals surface area contributed by atoms with E-state index in [1.807, 2.05) is 0 Å². The first-order valence-electron chi connectivity index (χ1n) is 8.99. The Morgan fingerprint density at radius 3 is 2.59 bits per heavy atom. The molecule has 2 heterocycles. The number of amides is 1. The van der Waals surface area contributed by atoms with Gasteiger partial charge in [0.15, 0.2) is 0 Å². The van der Waals surface area contributed by atoms with E-state index in [0.717, 1.165) is 11.8 Å². The monoisotopic (exact) mass is 427 g/mol. The van der Waals surface area contributed by atoms with E-state index in [1.165, 1.54) is 23.1 Å². The molecular weight excluding hydrogens is 407 g/mol. The Labute approximate surface area is 166 Å². The topological polar surface area (TPSA) is 79.4 Å². The van der Waals surface area contributed by atoms with Crippen LogP contribution in [-0.2, 0) is 14.6 Å². The molecule has 1 unspecified atom stereocenters. The van der Waals surface area contributed by atoms with Gasteiger partial charge in [-0.05, 0) is 44.0 Å². The Balaban J connectivity index is 1.82. The molecule has 0 radical (unpaired) electrons. The number of aromatic nitrogens is 1. The minimum absolute atomic E-state index is 0.0454. The molecule has 10 heteroatoms. The molecule has 0 spiro atoms. The van der Waals surface area contributed by atoms with Crippen molar-refractivity contribution >= 4 is 27.2 Å². The lowest BCUT2D eigenvalue weighted by atomic mass is 9.96. The Kier molecular flexibility index (Phi) is 5.83. The van der Waals surface area contributed by atoms with E-state index in [9.17, 15) is 26.4 Å². The van der Waals surface area contributed by atoms with Crippen molar-refractivity contribution in [3.8, 4) is 0 Å². The normalized spacial score (nSPS) is 17.8. The van der Waals surface area contributed by atoms with Crippen molar-refractivity contribution in [2.24, 2.45) is 5.92 Å². The Hall–Kier alpha value is -2.62. The SMILES string of the molecule is Cc1cccc(NC(=O)C2CCCN(c3ccccc3S(=O)(=O)C(F)(F)F)C2)n1. The van der Waals surface area contributed by atoms with Crippen LogP contribution in [0, 0.1) is 12.8 Å². The van der Waals surface area contributed by atoms with Crippen molar-refractivity contribution in [3.63, 3.8) is 0 Å². The number of benzene rings is 1. The van der Waals surface area contributed by atoms with Crippen molar-refractivity contribution in [1.29, 1.82) is 0 Å². The van der Waals surface area contributed by atoms with Crippen molar-refractivity contribution < 1.29 is 26.4 Å². The number of aryl methyl sites for hydroxylation is 1. The average molecular weight is 427 g/mol. The van der Waals surface area contributed by atoms with Crippen LogP contribution < -0.4 is 10.2 Å². The smallest absolute Gasteiger partial charge is 0.370 e. The zero-order valence-electron chi connectivity index (χ0n) is 15.6. The molecule has 1 fully saturated rings. The third-order valence-electron chi connectivity index (χ3n) is 4.73. The molecule has 1 aromatic carbocycles. The summed E-state index contributed by atoms with van der Waals surface area (Å²) >= 11 is 0. The molecule has 1 saturated heterocycles. The van der Waals surface area contributed by atoms with Crippen LogP contribution in [0.1, 0.15) is 18.5 Å². The van der Waals surface area contributed by atoms with Gasteiger partial charge in [-0.25, -0.2) is 13.4 Å². The molecule has 0 saturated carbocycles. The molecule has 2 aromatic rings. The van der Waals surface area contributed by atoms with Gasteiger partial charge in [0.2, 0.25) is 5.91 Å². The van der Waals surface area contributed by atoms with E-state index >= 15 is 0 Å². The highest BCUT2D eigenvalue weighted by Gasteiger charge is 2.48. The number of nitrogens with one attached hydrogen (secondary N) is 1. The Morgan fingerprint density at radius 2 is 1.90 bits per heavy atom. The lowest BCUT2D eigenvalue weighted by Crippen LogP contribution is -2.41. The predicted octanol–water partition coefficient (Wildman–Crippen LogP) is 3.54. The predicted molar refractivity (Wildman–Crippen MR) is 102 cm³/mol. The van der Waals surface area contributed by atoms with Gasteiger partial charge in [0.1, 0.15) is 5.82 Å². The van der Waals surface area contributed by atoms with Crippen LogP contribution in [0.5, 0.6) is 0 Å². The van der Waals surface area contributed by atoms with E-state index in [0.29, 0.717) is 25.2 Å². The van der Waals surface area contributed by atoms with Crippen molar-refractivity contribution in [2.45, 2.75) is 30.2 Å². The summed E-state index contributed by atoms with van der Waals surface area (Å²) in [4.78, 5) is 17.6. The van der Waals surface area contributed by atoms with Crippen molar-refractivity contribution in [1.82, 2.24) is 4.98 Å². The fourth-order valence-electron chi connectivity index (χ4n) is 3.32. The second-order valence-electron chi connectivity index (χ2n) is 6.86. The number of carbonyl (C=O) groups excluding carboxylic acids is 1. The fraction of sp³-hybridized carbons (Fsp3) is 0.368. The van der Waals surface area contributed by atoms with Crippen LogP contribution in [0.25, 0.3) is 0 Å². The lowest BCUT2D eigenvalue weighted by molar-refractivity contribution is -0.120. The van der Waals surface area contributed by atoms with E-state index in [1.54, 1.807) is 25.1 Å². The third kappa shape index (κ3) is 4.52. The highest BCUT2D eigenvalue weighted by Crippen LogP contribution is 2.37. The molecule has 1 aliphatic heterocycles. The molecule has 6 nitrogen and oxygen atoms in total. The number of para-hydroxylation sites is 1. The molecule has 0 aliphatic carbocycles. The van der Waals surface area contributed by atoms with Gasteiger partial charge >= 0.3 is 5.51 Å². The quantitative estimate of drug-likeness (QED) is 0.808. The molecule has 1 aromatic heterocycles. The number of rotatable bonds is 4. The minimum atomic E-state index is -5.50. The first-order chi connectivity index (χ1) is 13.6. The van der Waals surface area contributed by atoms with Crippen molar-refractivity contribution in [2.75, 3.05) is 23.3 Å². The van der Waals surface area contributed by atoms with Gasteiger partial charge in [0, 0.05) is 18.8 Å². The highest BCUT2D eigenvalue weighted by molar-refractivity contribution is 7.92. The molecule has 3 rings (SSSR count). The average Bonchev–Trinajstić information content (AvgIpc) is 2.67. The number of carbonyl (C=O) groups is 1. The maximum Gasteiger partial charge on any atom is 0.501 e. The maximum absolute atomic E-state index is 13.1. The molecule has 1 amide bonds. The lowest BCUT2D eigenvalue weighted by Gasteiger charge is -2.34. The number of sulfone groups is 1. The standard InChI is InChI=1S/C19H20F3N3O3S/c1-13-6-4-10-17(23-13)24-18(26)14-7-5-11-25(12-14)15-8-2-3-9-16(15)29(27,28)19(20,21)22/h2-4,6,8-10,14H,5,7,11-12H2,1H3,(H,23,24,26). The van der Waals surface area contributed by atoms with Gasteiger partial charge in [-0.3, -0.25) is 4.79 Å². The Bertz CT molecular complexity index is 1010. The van der Waals surface area contributed by atoms with Crippen molar-refractivity contribution in [3.05, 3.63) is 48.2 Å². The number of pyridine rings is 1. The molecule has 0 bridgehead atoms. The molecule has 156 valence electrons. The second kappa shape index (κ2) is 8.02. The zero-order chi connectivity index (χ0) is 21.2. The number of halogens is 3. The van der Waals surface area contributed by atoms with Gasteiger partial charge in [-0.2, -0.15) is 13.2 Å². The first-order valence-corrected chi connectivity index (χ1v) is 10.5. The van der Waals surface area contributed by atoms with Crippen LogP contribution in [-0.4, -0.2) is 37.9 Å². The van der Waals surface area contributed by atoms with Gasteiger partial charge in [-0.15, -0.1) is 0 Å². The molecule has 1 N–H and O–H groups in total. The molecule has 29 heavy (non-hydrogen) atoms. The van der Waals surface area contributed by atoms with E-state index in [4.69, 9.17) is 0 Å². The number of hydrogen-bond donors (Lipinski definition) is 1. The Morgan fingerprint density at radius 1 is 1.17 bits per heavy atom.